The van der Waals surface area contributed by atoms with Crippen LogP contribution < -0.4 is 24.8 Å². The lowest BCUT2D eigenvalue weighted by molar-refractivity contribution is 0.322. The van der Waals surface area contributed by atoms with E-state index in [-0.39, 0.29) is 0 Å². The Kier molecular flexibility index (Phi) is 8.12. The van der Waals surface area contributed by atoms with Crippen molar-refractivity contribution >= 4 is 5.96 Å². The summed E-state index contributed by atoms with van der Waals surface area (Å²) in [5.74, 6) is 3.28. The predicted molar refractivity (Wildman–Crippen MR) is 105 cm³/mol. The molecule has 6 heteroatoms. The Morgan fingerprint density at radius 1 is 0.923 bits per heavy atom. The SMILES string of the molecule is CN=C(NCCOc1ccccc1)NCCc1cc(OC)ccc1OC. The predicted octanol–water partition coefficient (Wildman–Crippen LogP) is 2.49. The number of nitrogens with zero attached hydrogens (tertiary/aromatic N) is 1. The number of hydrogen-bond acceptors (Lipinski definition) is 4. The molecular weight excluding hydrogens is 330 g/mol. The quantitative estimate of drug-likeness (QED) is 0.410. The summed E-state index contributed by atoms with van der Waals surface area (Å²) in [6.07, 6.45) is 0.793. The van der Waals surface area contributed by atoms with Crippen LogP contribution in [0.4, 0.5) is 0 Å². The maximum Gasteiger partial charge on any atom is 0.191 e. The van der Waals surface area contributed by atoms with Crippen LogP contribution in [0.1, 0.15) is 5.56 Å². The third kappa shape index (κ3) is 6.20. The van der Waals surface area contributed by atoms with Crippen molar-refractivity contribution in [3.8, 4) is 17.2 Å². The van der Waals surface area contributed by atoms with Crippen LogP contribution in [0.2, 0.25) is 0 Å². The van der Waals surface area contributed by atoms with Gasteiger partial charge in [-0.1, -0.05) is 18.2 Å². The van der Waals surface area contributed by atoms with Gasteiger partial charge in [0.15, 0.2) is 5.96 Å². The first kappa shape index (κ1) is 19.4. The summed E-state index contributed by atoms with van der Waals surface area (Å²) < 4.78 is 16.3. The Hall–Kier alpha value is -2.89. The summed E-state index contributed by atoms with van der Waals surface area (Å²) in [7, 11) is 5.08. The molecule has 0 aliphatic rings. The second-order valence-electron chi connectivity index (χ2n) is 5.52. The molecule has 2 aromatic rings. The molecule has 0 aromatic heterocycles. The minimum atomic E-state index is 0.564. The van der Waals surface area contributed by atoms with Crippen molar-refractivity contribution in [3.63, 3.8) is 0 Å². The number of methoxy groups -OCH3 is 2. The van der Waals surface area contributed by atoms with Crippen LogP contribution in [0, 0.1) is 0 Å². The first-order valence-electron chi connectivity index (χ1n) is 8.60. The minimum absolute atomic E-state index is 0.564. The highest BCUT2D eigenvalue weighted by molar-refractivity contribution is 5.79. The fourth-order valence-corrected chi connectivity index (χ4v) is 2.47. The van der Waals surface area contributed by atoms with E-state index >= 15 is 0 Å². The van der Waals surface area contributed by atoms with Crippen LogP contribution in [0.25, 0.3) is 0 Å². The fraction of sp³-hybridized carbons (Fsp3) is 0.350. The van der Waals surface area contributed by atoms with Crippen molar-refractivity contribution in [2.45, 2.75) is 6.42 Å². The van der Waals surface area contributed by atoms with Gasteiger partial charge in [0.05, 0.1) is 20.8 Å². The zero-order valence-electron chi connectivity index (χ0n) is 15.6. The summed E-state index contributed by atoms with van der Waals surface area (Å²) in [6, 6.07) is 15.6. The van der Waals surface area contributed by atoms with Gasteiger partial charge in [-0.05, 0) is 42.3 Å². The Labute approximate surface area is 155 Å². The van der Waals surface area contributed by atoms with Gasteiger partial charge < -0.3 is 24.8 Å². The molecule has 0 radical (unpaired) electrons. The number of benzene rings is 2. The summed E-state index contributed by atoms with van der Waals surface area (Å²) in [6.45, 7) is 1.95. The first-order valence-corrected chi connectivity index (χ1v) is 8.60. The smallest absolute Gasteiger partial charge is 0.191 e. The second kappa shape index (κ2) is 10.9. The number of guanidine groups is 1. The molecule has 0 bridgehead atoms. The van der Waals surface area contributed by atoms with Crippen LogP contribution in [0.3, 0.4) is 0 Å². The van der Waals surface area contributed by atoms with Crippen molar-refractivity contribution in [2.75, 3.05) is 41.0 Å². The number of ether oxygens (including phenoxy) is 3. The standard InChI is InChI=1S/C20H27N3O3/c1-21-20(23-13-14-26-17-7-5-4-6-8-17)22-12-11-16-15-18(24-2)9-10-19(16)25-3/h4-10,15H,11-14H2,1-3H3,(H2,21,22,23). The molecule has 2 rings (SSSR count). The van der Waals surface area contributed by atoms with E-state index in [0.29, 0.717) is 13.2 Å². The van der Waals surface area contributed by atoms with E-state index in [9.17, 15) is 0 Å². The third-order valence-corrected chi connectivity index (χ3v) is 3.80. The molecule has 0 saturated carbocycles. The molecule has 0 atom stereocenters. The lowest BCUT2D eigenvalue weighted by Crippen LogP contribution is -2.40. The molecule has 2 N–H and O–H groups in total. The second-order valence-corrected chi connectivity index (χ2v) is 5.52. The first-order chi connectivity index (χ1) is 12.8. The van der Waals surface area contributed by atoms with E-state index in [1.807, 2.05) is 48.5 Å². The van der Waals surface area contributed by atoms with Crippen LogP contribution in [-0.4, -0.2) is 46.9 Å². The van der Waals surface area contributed by atoms with E-state index in [1.165, 1.54) is 0 Å². The summed E-state index contributed by atoms with van der Waals surface area (Å²) in [5, 5.41) is 6.53. The lowest BCUT2D eigenvalue weighted by Gasteiger charge is -2.14. The van der Waals surface area contributed by atoms with Gasteiger partial charge in [-0.3, -0.25) is 4.99 Å². The summed E-state index contributed by atoms with van der Waals surface area (Å²) in [4.78, 5) is 4.22. The molecule has 0 aliphatic heterocycles. The van der Waals surface area contributed by atoms with Gasteiger partial charge in [0.25, 0.3) is 0 Å². The molecule has 0 amide bonds. The van der Waals surface area contributed by atoms with Crippen LogP contribution in [0.5, 0.6) is 17.2 Å². The Balaban J connectivity index is 1.73. The van der Waals surface area contributed by atoms with Crippen molar-refractivity contribution in [1.29, 1.82) is 0 Å². The molecule has 140 valence electrons. The maximum absolute atomic E-state index is 5.65. The van der Waals surface area contributed by atoms with Crippen molar-refractivity contribution in [3.05, 3.63) is 54.1 Å². The summed E-state index contributed by atoms with van der Waals surface area (Å²) in [5.41, 5.74) is 1.09. The highest BCUT2D eigenvalue weighted by Crippen LogP contribution is 2.24. The monoisotopic (exact) mass is 357 g/mol. The maximum atomic E-state index is 5.65. The van der Waals surface area contributed by atoms with Gasteiger partial charge >= 0.3 is 0 Å². The van der Waals surface area contributed by atoms with E-state index in [2.05, 4.69) is 15.6 Å². The Morgan fingerprint density at radius 2 is 1.69 bits per heavy atom. The van der Waals surface area contributed by atoms with Crippen molar-refractivity contribution in [1.82, 2.24) is 10.6 Å². The molecule has 0 heterocycles. The molecule has 0 unspecified atom stereocenters. The fourth-order valence-electron chi connectivity index (χ4n) is 2.47. The largest absolute Gasteiger partial charge is 0.497 e. The molecule has 0 saturated heterocycles. The number of rotatable bonds is 9. The number of aliphatic imine (C=N–C) groups is 1. The van der Waals surface area contributed by atoms with Crippen molar-refractivity contribution in [2.24, 2.45) is 4.99 Å². The van der Waals surface area contributed by atoms with E-state index in [0.717, 1.165) is 41.7 Å². The van der Waals surface area contributed by atoms with E-state index < -0.39 is 0 Å². The molecule has 0 fully saturated rings. The topological polar surface area (TPSA) is 64.1 Å². The lowest BCUT2D eigenvalue weighted by atomic mass is 10.1. The normalized spacial score (nSPS) is 11.0. The molecule has 6 nitrogen and oxygen atoms in total. The van der Waals surface area contributed by atoms with Gasteiger partial charge in [0, 0.05) is 13.6 Å². The van der Waals surface area contributed by atoms with Gasteiger partial charge in [0.1, 0.15) is 23.9 Å². The Bertz CT molecular complexity index is 690. The van der Waals surface area contributed by atoms with Crippen LogP contribution >= 0.6 is 0 Å². The average Bonchev–Trinajstić information content (AvgIpc) is 2.70. The number of hydrogen-bond donors (Lipinski definition) is 2. The average molecular weight is 357 g/mol. The summed E-state index contributed by atoms with van der Waals surface area (Å²) >= 11 is 0. The molecule has 26 heavy (non-hydrogen) atoms. The molecule has 0 spiro atoms. The molecular formula is C20H27N3O3. The van der Waals surface area contributed by atoms with E-state index in [4.69, 9.17) is 14.2 Å². The highest BCUT2D eigenvalue weighted by Gasteiger charge is 2.05. The Morgan fingerprint density at radius 3 is 2.38 bits per heavy atom. The van der Waals surface area contributed by atoms with Gasteiger partial charge in [-0.25, -0.2) is 0 Å². The molecule has 2 aromatic carbocycles. The zero-order chi connectivity index (χ0) is 18.6. The van der Waals surface area contributed by atoms with Crippen LogP contribution in [-0.2, 0) is 6.42 Å². The van der Waals surface area contributed by atoms with Gasteiger partial charge in [-0.2, -0.15) is 0 Å². The number of para-hydroxylation sites is 1. The van der Waals surface area contributed by atoms with Crippen molar-refractivity contribution < 1.29 is 14.2 Å². The third-order valence-electron chi connectivity index (χ3n) is 3.80. The van der Waals surface area contributed by atoms with Crippen LogP contribution in [0.15, 0.2) is 53.5 Å². The molecule has 0 aliphatic carbocycles. The van der Waals surface area contributed by atoms with Gasteiger partial charge in [0.2, 0.25) is 0 Å². The zero-order valence-corrected chi connectivity index (χ0v) is 15.6. The van der Waals surface area contributed by atoms with Gasteiger partial charge in [-0.15, -0.1) is 0 Å². The minimum Gasteiger partial charge on any atom is -0.497 e. The van der Waals surface area contributed by atoms with E-state index in [1.54, 1.807) is 21.3 Å². The highest BCUT2D eigenvalue weighted by atomic mass is 16.5. The number of nitrogens with one attached hydrogen (secondary N) is 2.